The van der Waals surface area contributed by atoms with Gasteiger partial charge in [0.15, 0.2) is 5.65 Å². The van der Waals surface area contributed by atoms with Crippen molar-refractivity contribution < 1.29 is 0 Å². The van der Waals surface area contributed by atoms with Crippen LogP contribution >= 0.6 is 27.5 Å². The third kappa shape index (κ3) is 1.65. The molecule has 0 spiro atoms. The highest BCUT2D eigenvalue weighted by Gasteiger charge is 2.07. The van der Waals surface area contributed by atoms with Crippen molar-refractivity contribution in [3.63, 3.8) is 0 Å². The number of allylic oxidation sites excluding steroid dienone is 1. The van der Waals surface area contributed by atoms with Crippen molar-refractivity contribution >= 4 is 44.6 Å². The summed E-state index contributed by atoms with van der Waals surface area (Å²) < 4.78 is 0. The summed E-state index contributed by atoms with van der Waals surface area (Å²) in [6, 6.07) is 0. The van der Waals surface area contributed by atoms with Gasteiger partial charge in [-0.15, -0.1) is 0 Å². The zero-order valence-electron chi connectivity index (χ0n) is 7.04. The highest BCUT2D eigenvalue weighted by atomic mass is 79.9. The molecule has 2 aromatic heterocycles. The topological polar surface area (TPSA) is 54.5 Å². The fourth-order valence-electron chi connectivity index (χ4n) is 1.12. The van der Waals surface area contributed by atoms with Gasteiger partial charge in [-0.25, -0.2) is 9.97 Å². The summed E-state index contributed by atoms with van der Waals surface area (Å²) in [6.07, 6.45) is 5.22. The second kappa shape index (κ2) is 4.06. The van der Waals surface area contributed by atoms with E-state index < -0.39 is 0 Å². The average molecular weight is 274 g/mol. The van der Waals surface area contributed by atoms with Gasteiger partial charge in [-0.2, -0.15) is 5.10 Å². The van der Waals surface area contributed by atoms with Crippen molar-refractivity contribution in [3.8, 4) is 0 Å². The summed E-state index contributed by atoms with van der Waals surface area (Å²) in [5.74, 6) is 0. The van der Waals surface area contributed by atoms with Gasteiger partial charge in [-0.05, 0) is 6.08 Å². The Morgan fingerprint density at radius 3 is 3.14 bits per heavy atom. The van der Waals surface area contributed by atoms with Gasteiger partial charge in [0.25, 0.3) is 0 Å². The Labute approximate surface area is 93.5 Å². The number of nitrogens with one attached hydrogen (secondary N) is 1. The fraction of sp³-hybridized carbons (Fsp3) is 0.125. The Kier molecular flexibility index (Phi) is 2.79. The monoisotopic (exact) mass is 272 g/mol. The third-order valence-corrected chi connectivity index (χ3v) is 2.37. The van der Waals surface area contributed by atoms with Gasteiger partial charge >= 0.3 is 0 Å². The number of rotatable bonds is 2. The molecule has 0 bridgehead atoms. The van der Waals surface area contributed by atoms with E-state index in [2.05, 4.69) is 36.1 Å². The number of nitrogens with zero attached hydrogens (tertiary/aromatic N) is 3. The van der Waals surface area contributed by atoms with Crippen molar-refractivity contribution in [1.82, 2.24) is 20.2 Å². The molecule has 1 N–H and O–H groups in total. The smallest absolute Gasteiger partial charge is 0.186 e. The number of aromatic nitrogens is 4. The Bertz CT molecular complexity index is 479. The highest BCUT2D eigenvalue weighted by molar-refractivity contribution is 9.09. The van der Waals surface area contributed by atoms with E-state index in [0.29, 0.717) is 10.8 Å². The predicted octanol–water partition coefficient (Wildman–Crippen LogP) is 2.41. The first kappa shape index (κ1) is 9.61. The second-order valence-electron chi connectivity index (χ2n) is 2.56. The zero-order chi connectivity index (χ0) is 9.97. The lowest BCUT2D eigenvalue weighted by Crippen LogP contribution is -1.81. The summed E-state index contributed by atoms with van der Waals surface area (Å²) in [5.41, 5.74) is 1.41. The minimum Gasteiger partial charge on any atom is -0.276 e. The van der Waals surface area contributed by atoms with Crippen LogP contribution in [0, 0.1) is 0 Å². The minimum absolute atomic E-state index is 0.415. The maximum absolute atomic E-state index is 5.93. The van der Waals surface area contributed by atoms with Crippen LogP contribution in [0.15, 0.2) is 12.4 Å². The first-order valence-electron chi connectivity index (χ1n) is 3.90. The van der Waals surface area contributed by atoms with Crippen LogP contribution in [0.4, 0.5) is 0 Å². The number of aromatic amines is 1. The maximum atomic E-state index is 5.93. The van der Waals surface area contributed by atoms with Gasteiger partial charge in [0.2, 0.25) is 0 Å². The van der Waals surface area contributed by atoms with Crippen LogP contribution in [-0.4, -0.2) is 25.5 Å². The van der Waals surface area contributed by atoms with E-state index in [1.807, 2.05) is 12.2 Å². The molecule has 0 saturated heterocycles. The molecule has 14 heavy (non-hydrogen) atoms. The van der Waals surface area contributed by atoms with Crippen molar-refractivity contribution in [2.24, 2.45) is 0 Å². The molecule has 0 fully saturated rings. The summed E-state index contributed by atoms with van der Waals surface area (Å²) in [4.78, 5) is 7.88. The molecule has 0 saturated carbocycles. The quantitative estimate of drug-likeness (QED) is 0.675. The summed E-state index contributed by atoms with van der Waals surface area (Å²) >= 11 is 9.22. The van der Waals surface area contributed by atoms with Crippen molar-refractivity contribution in [2.45, 2.75) is 0 Å². The van der Waals surface area contributed by atoms with Crippen LogP contribution in [0.25, 0.3) is 17.1 Å². The summed E-state index contributed by atoms with van der Waals surface area (Å²) in [5, 5.41) is 8.80. The van der Waals surface area contributed by atoms with Gasteiger partial charge in [0, 0.05) is 5.33 Å². The van der Waals surface area contributed by atoms with E-state index in [1.54, 1.807) is 0 Å². The first-order chi connectivity index (χ1) is 6.83. The van der Waals surface area contributed by atoms with Gasteiger partial charge in [0.05, 0.1) is 11.1 Å². The lowest BCUT2D eigenvalue weighted by Gasteiger charge is -1.91. The number of alkyl halides is 1. The number of hydrogen-bond acceptors (Lipinski definition) is 3. The molecular formula is C8H6BrClN4. The molecule has 0 unspecified atom stereocenters. The normalized spacial score (nSPS) is 11.6. The van der Waals surface area contributed by atoms with Crippen molar-refractivity contribution in [1.29, 1.82) is 0 Å². The van der Waals surface area contributed by atoms with Gasteiger partial charge < -0.3 is 0 Å². The fourth-order valence-corrected chi connectivity index (χ4v) is 1.54. The van der Waals surface area contributed by atoms with E-state index in [9.17, 15) is 0 Å². The third-order valence-electron chi connectivity index (χ3n) is 1.71. The van der Waals surface area contributed by atoms with Crippen LogP contribution in [0.2, 0.25) is 5.15 Å². The van der Waals surface area contributed by atoms with E-state index in [1.165, 1.54) is 6.33 Å². The maximum Gasteiger partial charge on any atom is 0.186 e. The van der Waals surface area contributed by atoms with E-state index in [-0.39, 0.29) is 0 Å². The molecule has 72 valence electrons. The molecule has 0 aliphatic rings. The van der Waals surface area contributed by atoms with Crippen molar-refractivity contribution in [3.05, 3.63) is 23.3 Å². The second-order valence-corrected chi connectivity index (χ2v) is 3.56. The number of halogens is 2. The standard InChI is InChI=1S/C8H6BrClN4/c9-3-1-2-5-6-7(10)11-4-12-8(6)14-13-5/h1-2,4H,3H2,(H,11,12,13,14). The van der Waals surface area contributed by atoms with Crippen LogP contribution in [0.1, 0.15) is 5.69 Å². The summed E-state index contributed by atoms with van der Waals surface area (Å²) in [6.45, 7) is 0. The predicted molar refractivity (Wildman–Crippen MR) is 59.5 cm³/mol. The molecule has 0 amide bonds. The van der Waals surface area contributed by atoms with Crippen LogP contribution < -0.4 is 0 Å². The molecule has 6 heteroatoms. The van der Waals surface area contributed by atoms with Crippen LogP contribution in [0.5, 0.6) is 0 Å². The molecule has 2 rings (SSSR count). The lowest BCUT2D eigenvalue weighted by atomic mass is 10.3. The average Bonchev–Trinajstić information content (AvgIpc) is 2.59. The first-order valence-corrected chi connectivity index (χ1v) is 5.40. The SMILES string of the molecule is Clc1ncnc2n[nH]c(C=CCBr)c12. The Morgan fingerprint density at radius 1 is 1.50 bits per heavy atom. The highest BCUT2D eigenvalue weighted by Crippen LogP contribution is 2.21. The van der Waals surface area contributed by atoms with Gasteiger partial charge in [-0.1, -0.05) is 33.6 Å². The molecule has 2 aromatic rings. The molecule has 0 aromatic carbocycles. The minimum atomic E-state index is 0.415. The molecule has 2 heterocycles. The summed E-state index contributed by atoms with van der Waals surface area (Å²) in [7, 11) is 0. The van der Waals surface area contributed by atoms with E-state index >= 15 is 0 Å². The van der Waals surface area contributed by atoms with Gasteiger partial charge in [-0.3, -0.25) is 5.10 Å². The molecular weight excluding hydrogens is 267 g/mol. The van der Waals surface area contributed by atoms with Gasteiger partial charge in [0.1, 0.15) is 11.5 Å². The Hall–Kier alpha value is -0.940. The largest absolute Gasteiger partial charge is 0.276 e. The molecule has 0 aliphatic carbocycles. The van der Waals surface area contributed by atoms with Crippen LogP contribution in [-0.2, 0) is 0 Å². The number of fused-ring (bicyclic) bond motifs is 1. The van der Waals surface area contributed by atoms with E-state index in [0.717, 1.165) is 16.4 Å². The zero-order valence-corrected chi connectivity index (χ0v) is 9.38. The Morgan fingerprint density at radius 2 is 2.36 bits per heavy atom. The Balaban J connectivity index is 2.61. The molecule has 0 aliphatic heterocycles. The number of H-pyrrole nitrogens is 1. The molecule has 4 nitrogen and oxygen atoms in total. The van der Waals surface area contributed by atoms with Crippen LogP contribution in [0.3, 0.4) is 0 Å². The van der Waals surface area contributed by atoms with E-state index in [4.69, 9.17) is 11.6 Å². The molecule has 0 radical (unpaired) electrons. The molecule has 0 atom stereocenters. The van der Waals surface area contributed by atoms with Crippen molar-refractivity contribution in [2.75, 3.05) is 5.33 Å². The number of hydrogen-bond donors (Lipinski definition) is 1. The lowest BCUT2D eigenvalue weighted by molar-refractivity contribution is 1.08.